The summed E-state index contributed by atoms with van der Waals surface area (Å²) < 4.78 is 2.23. The molecule has 0 spiro atoms. The third-order valence-corrected chi connectivity index (χ3v) is 4.63. The van der Waals surface area contributed by atoms with Gasteiger partial charge in [0.05, 0.1) is 16.7 Å². The van der Waals surface area contributed by atoms with Gasteiger partial charge in [-0.1, -0.05) is 53.6 Å². The van der Waals surface area contributed by atoms with Crippen LogP contribution in [-0.2, 0) is 6.54 Å². The average Bonchev–Trinajstić information content (AvgIpc) is 2.67. The molecule has 0 aromatic heterocycles. The smallest absolute Gasteiger partial charge is 0.0564 e. The molecule has 26 heavy (non-hydrogen) atoms. The Balaban J connectivity index is 2.26. The summed E-state index contributed by atoms with van der Waals surface area (Å²) in [4.78, 5) is 2.93. The number of benzene rings is 3. The first-order valence-corrected chi connectivity index (χ1v) is 8.48. The highest BCUT2D eigenvalue weighted by Gasteiger charge is 2.17. The first-order valence-electron chi connectivity index (χ1n) is 8.48. The van der Waals surface area contributed by atoms with Crippen LogP contribution >= 0.6 is 0 Å². The summed E-state index contributed by atoms with van der Waals surface area (Å²) in [5, 5.41) is 14.4. The summed E-state index contributed by atoms with van der Waals surface area (Å²) in [5.41, 5.74) is 13.7. The standard InChI is InChI=1S/C21H17N5/c1-2-26-20-12-15(22)8-10-18(20)17-11-9-16(24-25-23)13-19(17)21(26)14-6-4-3-5-7-14/h3-13,22H,2H2,1H3. The van der Waals surface area contributed by atoms with Crippen molar-refractivity contribution in [2.75, 3.05) is 0 Å². The van der Waals surface area contributed by atoms with Gasteiger partial charge in [0.1, 0.15) is 0 Å². The number of aromatic nitrogens is 1. The highest BCUT2D eigenvalue weighted by Crippen LogP contribution is 2.39. The highest BCUT2D eigenvalue weighted by molar-refractivity contribution is 6.05. The summed E-state index contributed by atoms with van der Waals surface area (Å²) in [6.07, 6.45) is 0. The summed E-state index contributed by atoms with van der Waals surface area (Å²) >= 11 is 0. The molecule has 1 aliphatic carbocycles. The lowest BCUT2D eigenvalue weighted by atomic mass is 9.95. The third kappa shape index (κ3) is 2.51. The Hall–Kier alpha value is -3.56. The summed E-state index contributed by atoms with van der Waals surface area (Å²) in [5.74, 6) is 0. The zero-order valence-electron chi connectivity index (χ0n) is 14.3. The number of hydrogen-bond acceptors (Lipinski definition) is 2. The Morgan fingerprint density at radius 1 is 1.00 bits per heavy atom. The fraction of sp³-hybridized carbons (Fsp3) is 0.0952. The Bertz CT molecular complexity index is 1180. The predicted octanol–water partition coefficient (Wildman–Crippen LogP) is 5.85. The largest absolute Gasteiger partial charge is 0.340 e. The normalized spacial score (nSPS) is 10.8. The van der Waals surface area contributed by atoms with E-state index in [0.717, 1.165) is 39.8 Å². The summed E-state index contributed by atoms with van der Waals surface area (Å²) in [7, 11) is 0. The molecule has 0 amide bonds. The van der Waals surface area contributed by atoms with Crippen LogP contribution in [0, 0.1) is 5.41 Å². The molecule has 0 fully saturated rings. The molecule has 126 valence electrons. The van der Waals surface area contributed by atoms with E-state index < -0.39 is 0 Å². The van der Waals surface area contributed by atoms with E-state index in [0.29, 0.717) is 11.0 Å². The molecule has 0 saturated carbocycles. The molecule has 5 nitrogen and oxygen atoms in total. The molecule has 2 aromatic rings. The minimum Gasteiger partial charge on any atom is -0.340 e. The van der Waals surface area contributed by atoms with Gasteiger partial charge in [-0.15, -0.1) is 0 Å². The van der Waals surface area contributed by atoms with Gasteiger partial charge in [0.15, 0.2) is 0 Å². The van der Waals surface area contributed by atoms with Crippen LogP contribution < -0.4 is 5.36 Å². The lowest BCUT2D eigenvalue weighted by Gasteiger charge is -2.23. The SMILES string of the molecule is CCn1c2cc(=N)ccc-2c2ccc(N=[N+]=[N-])cc2c1-c1ccccc1. The van der Waals surface area contributed by atoms with Gasteiger partial charge in [0.25, 0.3) is 0 Å². The molecule has 5 heteroatoms. The molecule has 1 N–H and O–H groups in total. The van der Waals surface area contributed by atoms with Crippen LogP contribution in [0.15, 0.2) is 71.8 Å². The molecule has 0 atom stereocenters. The second-order valence-corrected chi connectivity index (χ2v) is 6.11. The molecule has 0 bridgehead atoms. The molecule has 0 unspecified atom stereocenters. The topological polar surface area (TPSA) is 77.5 Å². The molecule has 2 aromatic carbocycles. The maximum atomic E-state index is 8.81. The van der Waals surface area contributed by atoms with Crippen molar-refractivity contribution in [3.05, 3.63) is 82.5 Å². The number of fused-ring (bicyclic) bond motifs is 3. The van der Waals surface area contributed by atoms with Crippen molar-refractivity contribution in [2.45, 2.75) is 13.5 Å². The van der Waals surface area contributed by atoms with E-state index in [1.54, 1.807) is 0 Å². The number of pyridine rings is 1. The Labute approximate surface area is 150 Å². The van der Waals surface area contributed by atoms with Crippen LogP contribution in [0.25, 0.3) is 43.7 Å². The van der Waals surface area contributed by atoms with Crippen molar-refractivity contribution in [1.82, 2.24) is 4.57 Å². The molecule has 1 aliphatic heterocycles. The van der Waals surface area contributed by atoms with Gasteiger partial charge < -0.3 is 9.98 Å². The Morgan fingerprint density at radius 2 is 1.81 bits per heavy atom. The van der Waals surface area contributed by atoms with Crippen LogP contribution in [-0.4, -0.2) is 4.57 Å². The van der Waals surface area contributed by atoms with E-state index in [4.69, 9.17) is 10.9 Å². The molecule has 2 aliphatic rings. The van der Waals surface area contributed by atoms with Crippen LogP contribution in [0.5, 0.6) is 0 Å². The van der Waals surface area contributed by atoms with Crippen molar-refractivity contribution in [1.29, 1.82) is 5.41 Å². The molecule has 0 saturated heterocycles. The van der Waals surface area contributed by atoms with E-state index in [2.05, 4.69) is 33.6 Å². The number of hydrogen-bond donors (Lipinski definition) is 1. The maximum Gasteiger partial charge on any atom is 0.0564 e. The van der Waals surface area contributed by atoms with Crippen molar-refractivity contribution in [3.8, 4) is 22.5 Å². The fourth-order valence-corrected chi connectivity index (χ4v) is 3.56. The predicted molar refractivity (Wildman–Crippen MR) is 104 cm³/mol. The van der Waals surface area contributed by atoms with E-state index in [1.807, 2.05) is 54.6 Å². The second kappa shape index (κ2) is 6.39. The van der Waals surface area contributed by atoms with Gasteiger partial charge in [0, 0.05) is 28.1 Å². The maximum absolute atomic E-state index is 8.81. The first-order chi connectivity index (χ1) is 12.7. The van der Waals surface area contributed by atoms with Crippen LogP contribution in [0.1, 0.15) is 6.92 Å². The monoisotopic (exact) mass is 339 g/mol. The number of rotatable bonds is 3. The Morgan fingerprint density at radius 3 is 2.54 bits per heavy atom. The van der Waals surface area contributed by atoms with E-state index in [9.17, 15) is 0 Å². The second-order valence-electron chi connectivity index (χ2n) is 6.11. The van der Waals surface area contributed by atoms with Crippen molar-refractivity contribution in [3.63, 3.8) is 0 Å². The van der Waals surface area contributed by atoms with Crippen molar-refractivity contribution < 1.29 is 0 Å². The van der Waals surface area contributed by atoms with Gasteiger partial charge in [-0.05, 0) is 41.6 Å². The minimum atomic E-state index is 0.490. The third-order valence-electron chi connectivity index (χ3n) is 4.63. The summed E-state index contributed by atoms with van der Waals surface area (Å²) in [6, 6.07) is 21.7. The quantitative estimate of drug-likeness (QED) is 0.210. The van der Waals surface area contributed by atoms with Crippen LogP contribution in [0.3, 0.4) is 0 Å². The van der Waals surface area contributed by atoms with Gasteiger partial charge in [-0.25, -0.2) is 0 Å². The van der Waals surface area contributed by atoms with Crippen LogP contribution in [0.2, 0.25) is 0 Å². The fourth-order valence-electron chi connectivity index (χ4n) is 3.56. The molecule has 0 radical (unpaired) electrons. The zero-order chi connectivity index (χ0) is 18.1. The average molecular weight is 339 g/mol. The summed E-state index contributed by atoms with van der Waals surface area (Å²) in [6.45, 7) is 2.87. The van der Waals surface area contributed by atoms with Gasteiger partial charge in [-0.3, -0.25) is 0 Å². The molecule has 4 rings (SSSR count). The van der Waals surface area contributed by atoms with Crippen molar-refractivity contribution in [2.24, 2.45) is 5.11 Å². The van der Waals surface area contributed by atoms with Crippen LogP contribution in [0.4, 0.5) is 5.69 Å². The highest BCUT2D eigenvalue weighted by atomic mass is 15.1. The lowest BCUT2D eigenvalue weighted by Crippen LogP contribution is -2.11. The number of nitrogens with one attached hydrogen (secondary N) is 1. The van der Waals surface area contributed by atoms with E-state index in [1.165, 1.54) is 0 Å². The Kier molecular flexibility index (Phi) is 3.92. The van der Waals surface area contributed by atoms with Gasteiger partial charge in [-0.2, -0.15) is 0 Å². The molecular formula is C21H17N5. The lowest BCUT2D eigenvalue weighted by molar-refractivity contribution is 0.776. The molecular weight excluding hydrogens is 322 g/mol. The number of nitrogens with zero attached hydrogens (tertiary/aromatic N) is 4. The number of azide groups is 1. The van der Waals surface area contributed by atoms with Gasteiger partial charge >= 0.3 is 0 Å². The minimum absolute atomic E-state index is 0.490. The zero-order valence-corrected chi connectivity index (χ0v) is 14.3. The first kappa shape index (κ1) is 15.9. The van der Waals surface area contributed by atoms with Crippen molar-refractivity contribution >= 4 is 16.5 Å². The molecule has 1 heterocycles. The van der Waals surface area contributed by atoms with Gasteiger partial charge in [0.2, 0.25) is 0 Å². The van der Waals surface area contributed by atoms with E-state index >= 15 is 0 Å². The van der Waals surface area contributed by atoms with E-state index in [-0.39, 0.29) is 0 Å².